The van der Waals surface area contributed by atoms with Gasteiger partial charge in [0.2, 0.25) is 0 Å². The average Bonchev–Trinajstić information content (AvgIpc) is 1.61. The molecule has 0 aromatic rings. The number of hydrogen-bond donors (Lipinski definition) is 16. The van der Waals surface area contributed by atoms with Gasteiger partial charge in [0.1, 0.15) is 6.10 Å². The van der Waals surface area contributed by atoms with Gasteiger partial charge in [-0.15, -0.1) is 0 Å². The van der Waals surface area contributed by atoms with E-state index in [1.54, 1.807) is 81.5 Å². The van der Waals surface area contributed by atoms with E-state index >= 15 is 0 Å². The first-order chi connectivity index (χ1) is 43.5. The predicted molar refractivity (Wildman–Crippen MR) is 361 cm³/mol. The highest BCUT2D eigenvalue weighted by molar-refractivity contribution is 6.28. The van der Waals surface area contributed by atoms with E-state index in [2.05, 4.69) is 0 Å². The third-order valence-electron chi connectivity index (χ3n) is 20.0. The topological polar surface area (TPSA) is 402 Å². The van der Waals surface area contributed by atoms with Gasteiger partial charge >= 0.3 is 0 Å². The predicted octanol–water partition coefficient (Wildman–Crippen LogP) is 4.73. The Hall–Kier alpha value is -3.21. The number of likely N-dealkylation sites (N-methyl/N-ethyl adjacent to an activating group) is 1. The minimum absolute atomic E-state index is 0.0287. The Morgan fingerprint density at radius 3 is 1.62 bits per heavy atom. The van der Waals surface area contributed by atoms with Gasteiger partial charge in [-0.2, -0.15) is 0 Å². The van der Waals surface area contributed by atoms with E-state index in [1.807, 2.05) is 47.6 Å². The molecule has 0 spiro atoms. The Balaban J connectivity index is 1.94. The number of nitrogens with zero attached hydrogens (tertiary/aromatic N) is 1. The third-order valence-corrected chi connectivity index (χ3v) is 20.0. The number of allylic oxidation sites excluding steroid dienone is 5. The smallest absolute Gasteiger partial charge is 0.262 e. The summed E-state index contributed by atoms with van der Waals surface area (Å²) in [6, 6.07) is -1.11. The van der Waals surface area contributed by atoms with Crippen molar-refractivity contribution in [2.24, 2.45) is 59.0 Å². The molecule has 0 radical (unpaired) electrons. The van der Waals surface area contributed by atoms with Crippen molar-refractivity contribution in [3.05, 3.63) is 57.9 Å². The van der Waals surface area contributed by atoms with Crippen LogP contribution in [0.1, 0.15) is 201 Å². The number of carbonyl (C=O) groups is 3. The molecule has 22 nitrogen and oxygen atoms in total. The van der Waals surface area contributed by atoms with Crippen LogP contribution in [0, 0.1) is 53.3 Å². The second-order valence-electron chi connectivity index (χ2n) is 29.2. The molecule has 17 N–H and O–H groups in total. The van der Waals surface area contributed by atoms with E-state index in [0.717, 1.165) is 0 Å². The maximum absolute atomic E-state index is 13.6. The van der Waals surface area contributed by atoms with Crippen LogP contribution in [0.3, 0.4) is 0 Å². The number of hydrogen-bond acceptors (Lipinski definition) is 21. The number of rotatable bonds is 44. The molecule has 0 saturated carbocycles. The van der Waals surface area contributed by atoms with Gasteiger partial charge in [-0.1, -0.05) is 94.4 Å². The van der Waals surface area contributed by atoms with Crippen molar-refractivity contribution in [1.82, 2.24) is 4.90 Å². The Bertz CT molecular complexity index is 2450. The highest BCUT2D eigenvalue weighted by Crippen LogP contribution is 2.34. The third kappa shape index (κ3) is 27.1. The molecule has 2 aliphatic heterocycles. The highest BCUT2D eigenvalue weighted by atomic mass is 16.7. The standard InChI is InChI=1S/C72H128N2O20/c1-36(2)29-55-45(12)61(71(92)74(55)17)68(89)41(8)24-28-53(78)33-51(76)26-22-39(6)65(86)46(13)56(80)19-18-20-57(81)47(14)67(88)43(10)30-42(9)64(85)44(11)31-58(82)59(83)34-54(79)35-60(94-72-70(91)62(73)69(90)49(16)93-72)38(5)21-25-50(75)32-52(77)27-23-40(7)66(87)48(15)63(84)37(3)4/h24,29-31,36-40,42,46-54,56-60,62-63,65-67,69-70,72,75-84,86-88,90-91H,18-23,25-28,32-35,73H2,1-17H3/b41-24+,43-30+,44-31+,55-29-. The van der Waals surface area contributed by atoms with E-state index < -0.39 is 151 Å². The van der Waals surface area contributed by atoms with Gasteiger partial charge in [-0.3, -0.25) is 14.4 Å². The Morgan fingerprint density at radius 1 is 0.596 bits per heavy atom. The summed E-state index contributed by atoms with van der Waals surface area (Å²) in [7, 11) is 1.63. The molecule has 26 atom stereocenters. The second-order valence-corrected chi connectivity index (χ2v) is 29.2. The maximum Gasteiger partial charge on any atom is 0.262 e. The number of Topliss-reactive ketones (excluding diaryl/α,β-unsaturated/α-hetero) is 2. The van der Waals surface area contributed by atoms with Gasteiger partial charge in [-0.25, -0.2) is 0 Å². The lowest BCUT2D eigenvalue weighted by molar-refractivity contribution is -0.287. The van der Waals surface area contributed by atoms with Crippen LogP contribution >= 0.6 is 0 Å². The molecule has 94 heavy (non-hydrogen) atoms. The van der Waals surface area contributed by atoms with Crippen LogP contribution in [-0.2, 0) is 23.9 Å². The first-order valence-corrected chi connectivity index (χ1v) is 34.7. The summed E-state index contributed by atoms with van der Waals surface area (Å²) in [4.78, 5) is 41.3. The number of nitrogens with two attached hydrogens (primary N) is 1. The summed E-state index contributed by atoms with van der Waals surface area (Å²) in [6.45, 7) is 28.0. The van der Waals surface area contributed by atoms with Crippen molar-refractivity contribution >= 4 is 17.5 Å². The zero-order valence-corrected chi connectivity index (χ0v) is 59.6. The van der Waals surface area contributed by atoms with E-state index in [0.29, 0.717) is 54.5 Å². The summed E-state index contributed by atoms with van der Waals surface area (Å²) < 4.78 is 12.0. The van der Waals surface area contributed by atoms with Crippen LogP contribution in [0.5, 0.6) is 0 Å². The Kier molecular flexibility index (Phi) is 38.2. The molecule has 22 heteroatoms. The summed E-state index contributed by atoms with van der Waals surface area (Å²) >= 11 is 0. The Labute approximate surface area is 561 Å². The fourth-order valence-corrected chi connectivity index (χ4v) is 12.9. The fourth-order valence-electron chi connectivity index (χ4n) is 12.9. The number of ketones is 2. The first-order valence-electron chi connectivity index (χ1n) is 34.7. The fraction of sp³-hybridized carbons (Fsp3) is 0.819. The van der Waals surface area contributed by atoms with Gasteiger partial charge in [-0.05, 0) is 176 Å². The number of aliphatic hydroxyl groups excluding tert-OH is 15. The molecular weight excluding hydrogens is 1210 g/mol. The quantitative estimate of drug-likeness (QED) is 0.0223. The van der Waals surface area contributed by atoms with Gasteiger partial charge < -0.3 is 96.7 Å². The molecule has 0 aliphatic carbocycles. The minimum Gasteiger partial charge on any atom is -0.393 e. The zero-order chi connectivity index (χ0) is 72.1. The molecule has 0 aromatic carbocycles. The monoisotopic (exact) mass is 1340 g/mol. The van der Waals surface area contributed by atoms with Crippen molar-refractivity contribution in [3.63, 3.8) is 0 Å². The van der Waals surface area contributed by atoms with Gasteiger partial charge in [0, 0.05) is 42.8 Å². The zero-order valence-electron chi connectivity index (χ0n) is 59.6. The van der Waals surface area contributed by atoms with Crippen molar-refractivity contribution < 1.29 is 100 Å². The lowest BCUT2D eigenvalue weighted by Crippen LogP contribution is -2.61. The molecule has 546 valence electrons. The lowest BCUT2D eigenvalue weighted by atomic mass is 9.82. The van der Waals surface area contributed by atoms with E-state index in [4.69, 9.17) is 15.2 Å². The molecule has 1 amide bonds. The van der Waals surface area contributed by atoms with Crippen LogP contribution in [-0.4, -0.2) is 222 Å². The molecule has 26 unspecified atom stereocenters. The van der Waals surface area contributed by atoms with Gasteiger partial charge in [0.05, 0.1) is 109 Å². The summed E-state index contributed by atoms with van der Waals surface area (Å²) in [5.41, 5.74) is 8.32. The summed E-state index contributed by atoms with van der Waals surface area (Å²) in [5, 5.41) is 164. The van der Waals surface area contributed by atoms with Crippen LogP contribution in [0.15, 0.2) is 57.9 Å². The molecule has 2 heterocycles. The molecular formula is C72H128N2O20. The van der Waals surface area contributed by atoms with E-state index in [-0.39, 0.29) is 104 Å². The number of amides is 1. The van der Waals surface area contributed by atoms with Crippen LogP contribution in [0.2, 0.25) is 0 Å². The highest BCUT2D eigenvalue weighted by Gasteiger charge is 2.44. The number of ether oxygens (including phenoxy) is 2. The van der Waals surface area contributed by atoms with Crippen molar-refractivity contribution in [3.8, 4) is 0 Å². The molecule has 0 bridgehead atoms. The second kappa shape index (κ2) is 41.4. The summed E-state index contributed by atoms with van der Waals surface area (Å²) in [5.74, 6) is -4.43. The molecule has 2 aliphatic rings. The van der Waals surface area contributed by atoms with E-state index in [1.165, 1.54) is 17.9 Å². The molecule has 2 rings (SSSR count). The molecule has 1 fully saturated rings. The SMILES string of the molecule is CC1=C(C(=O)/C(C)=C/CC(O)CC(O)CCC(C)C(O)C(C)C(O)CCCC(O)C(C)C(O)/C(C)=C/C(C)C(=O)/C(C)=C/C(O)C(O)CC(O)CC(OC2OC(C)C(O)C(N)C2O)C(C)CCC(O)CC(O)CCC(C)C(O)C(C)C(O)C(C)C)C(=O)N(C)/C1=C\C(C)C. The van der Waals surface area contributed by atoms with Crippen LogP contribution in [0.25, 0.3) is 0 Å². The largest absolute Gasteiger partial charge is 0.393 e. The van der Waals surface area contributed by atoms with E-state index in [9.17, 15) is 91.0 Å². The normalized spacial score (nSPS) is 26.2. The minimum atomic E-state index is -1.60. The number of carbonyl (C=O) groups excluding carboxylic acids is 3. The van der Waals surface area contributed by atoms with Gasteiger partial charge in [0.15, 0.2) is 17.9 Å². The Morgan fingerprint density at radius 2 is 1.10 bits per heavy atom. The van der Waals surface area contributed by atoms with Gasteiger partial charge in [0.25, 0.3) is 5.91 Å². The molecule has 0 aromatic heterocycles. The first kappa shape index (κ1) is 86.9. The van der Waals surface area contributed by atoms with Crippen LogP contribution < -0.4 is 5.73 Å². The van der Waals surface area contributed by atoms with Crippen molar-refractivity contribution in [2.75, 3.05) is 7.05 Å². The molecule has 1 saturated heterocycles. The maximum atomic E-state index is 13.6. The number of aliphatic hydroxyl groups is 15. The average molecular weight is 1340 g/mol. The van der Waals surface area contributed by atoms with Crippen molar-refractivity contribution in [1.29, 1.82) is 0 Å². The van der Waals surface area contributed by atoms with Crippen LogP contribution in [0.4, 0.5) is 0 Å². The lowest BCUT2D eigenvalue weighted by Gasteiger charge is -2.42. The van der Waals surface area contributed by atoms with Crippen molar-refractivity contribution in [2.45, 2.75) is 317 Å². The summed E-state index contributed by atoms with van der Waals surface area (Å²) in [6.07, 6.45) is -10.6.